The Morgan fingerprint density at radius 2 is 1.80 bits per heavy atom. The molecule has 1 nitrogen and oxygen atoms in total. The molecule has 1 aromatic carbocycles. The summed E-state index contributed by atoms with van der Waals surface area (Å²) in [5.74, 6) is 0. The van der Waals surface area contributed by atoms with Gasteiger partial charge in [-0.25, -0.2) is 0 Å². The first kappa shape index (κ1) is 12.3. The molecule has 0 saturated carbocycles. The van der Waals surface area contributed by atoms with Gasteiger partial charge < -0.3 is 5.32 Å². The van der Waals surface area contributed by atoms with Gasteiger partial charge in [0.05, 0.1) is 5.56 Å². The number of halogens is 4. The van der Waals surface area contributed by atoms with E-state index in [0.29, 0.717) is 5.56 Å². The maximum absolute atomic E-state index is 12.5. The molecular weight excluding hydrogens is 227 g/mol. The van der Waals surface area contributed by atoms with Gasteiger partial charge in [0.2, 0.25) is 0 Å². The zero-order valence-electron chi connectivity index (χ0n) is 7.84. The number of rotatable bonds is 1. The molecule has 0 unspecified atom stereocenters. The van der Waals surface area contributed by atoms with Crippen molar-refractivity contribution in [2.75, 3.05) is 6.54 Å². The van der Waals surface area contributed by atoms with Crippen molar-refractivity contribution in [3.05, 3.63) is 35.4 Å². The molecule has 15 heavy (non-hydrogen) atoms. The van der Waals surface area contributed by atoms with Crippen molar-refractivity contribution >= 4 is 12.4 Å². The van der Waals surface area contributed by atoms with Crippen molar-refractivity contribution in [1.29, 1.82) is 0 Å². The minimum Gasteiger partial charge on any atom is -0.310 e. The zero-order chi connectivity index (χ0) is 10.2. The van der Waals surface area contributed by atoms with Gasteiger partial charge in [-0.2, -0.15) is 13.2 Å². The van der Waals surface area contributed by atoms with E-state index < -0.39 is 11.7 Å². The molecule has 1 heterocycles. The van der Waals surface area contributed by atoms with Crippen LogP contribution >= 0.6 is 12.4 Å². The third-order valence-corrected chi connectivity index (χ3v) is 2.47. The van der Waals surface area contributed by atoms with Crippen LogP contribution in [0, 0.1) is 0 Å². The average molecular weight is 238 g/mol. The molecule has 2 rings (SSSR count). The predicted molar refractivity (Wildman–Crippen MR) is 54.1 cm³/mol. The molecule has 1 N–H and O–H groups in total. The third kappa shape index (κ3) is 2.44. The van der Waals surface area contributed by atoms with Crippen LogP contribution in [0.3, 0.4) is 0 Å². The van der Waals surface area contributed by atoms with Gasteiger partial charge in [0.25, 0.3) is 0 Å². The molecule has 84 valence electrons. The Morgan fingerprint density at radius 3 is 2.27 bits per heavy atom. The van der Waals surface area contributed by atoms with E-state index >= 15 is 0 Å². The highest BCUT2D eigenvalue weighted by Gasteiger charge is 2.35. The van der Waals surface area contributed by atoms with Crippen LogP contribution in [0.15, 0.2) is 24.3 Å². The predicted octanol–water partition coefficient (Wildman–Crippen LogP) is 3.16. The van der Waals surface area contributed by atoms with E-state index in [1.165, 1.54) is 6.07 Å². The molecule has 1 atom stereocenters. The van der Waals surface area contributed by atoms with Gasteiger partial charge in [0, 0.05) is 6.04 Å². The molecule has 0 bridgehead atoms. The molecule has 1 fully saturated rings. The summed E-state index contributed by atoms with van der Waals surface area (Å²) >= 11 is 0. The Labute approximate surface area is 92.1 Å². The van der Waals surface area contributed by atoms with Crippen LogP contribution < -0.4 is 5.32 Å². The minimum absolute atomic E-state index is 0. The Morgan fingerprint density at radius 1 is 1.20 bits per heavy atom. The lowest BCUT2D eigenvalue weighted by molar-refractivity contribution is -0.138. The Bertz CT molecular complexity index is 334. The summed E-state index contributed by atoms with van der Waals surface area (Å²) in [5.41, 5.74) is -0.150. The van der Waals surface area contributed by atoms with Crippen molar-refractivity contribution in [2.45, 2.75) is 18.6 Å². The SMILES string of the molecule is Cl.FC(F)(F)c1ccccc1[C@H]1CCN1. The van der Waals surface area contributed by atoms with E-state index in [4.69, 9.17) is 0 Å². The van der Waals surface area contributed by atoms with E-state index in [-0.39, 0.29) is 18.4 Å². The summed E-state index contributed by atoms with van der Waals surface area (Å²) in [6, 6.07) is 5.62. The molecule has 0 aromatic heterocycles. The summed E-state index contributed by atoms with van der Waals surface area (Å²) in [4.78, 5) is 0. The van der Waals surface area contributed by atoms with Crippen LogP contribution in [-0.2, 0) is 6.18 Å². The summed E-state index contributed by atoms with van der Waals surface area (Å²) in [5, 5.41) is 2.97. The molecule has 1 aromatic rings. The number of benzene rings is 1. The standard InChI is InChI=1S/C10H10F3N.ClH/c11-10(12,13)8-4-2-1-3-7(8)9-5-6-14-9;/h1-4,9,14H,5-6H2;1H/t9-;/m1./s1. The van der Waals surface area contributed by atoms with Crippen LogP contribution in [0.2, 0.25) is 0 Å². The highest BCUT2D eigenvalue weighted by Crippen LogP contribution is 2.36. The van der Waals surface area contributed by atoms with E-state index in [9.17, 15) is 13.2 Å². The Balaban J connectivity index is 0.00000112. The van der Waals surface area contributed by atoms with Gasteiger partial charge in [-0.1, -0.05) is 18.2 Å². The molecule has 1 aliphatic heterocycles. The lowest BCUT2D eigenvalue weighted by Gasteiger charge is -2.30. The molecule has 5 heteroatoms. The van der Waals surface area contributed by atoms with Crippen LogP contribution in [-0.4, -0.2) is 6.54 Å². The van der Waals surface area contributed by atoms with E-state index in [1.54, 1.807) is 12.1 Å². The maximum Gasteiger partial charge on any atom is 0.416 e. The van der Waals surface area contributed by atoms with Gasteiger partial charge in [-0.15, -0.1) is 12.4 Å². The van der Waals surface area contributed by atoms with Crippen molar-refractivity contribution in [2.24, 2.45) is 0 Å². The first-order chi connectivity index (χ1) is 6.59. The number of hydrogen-bond donors (Lipinski definition) is 1. The van der Waals surface area contributed by atoms with E-state index in [0.717, 1.165) is 19.0 Å². The molecule has 0 radical (unpaired) electrons. The third-order valence-electron chi connectivity index (χ3n) is 2.47. The van der Waals surface area contributed by atoms with Gasteiger partial charge in [0.15, 0.2) is 0 Å². The molecule has 1 saturated heterocycles. The largest absolute Gasteiger partial charge is 0.416 e. The van der Waals surface area contributed by atoms with E-state index in [2.05, 4.69) is 5.32 Å². The second-order valence-electron chi connectivity index (χ2n) is 3.38. The van der Waals surface area contributed by atoms with Gasteiger partial charge >= 0.3 is 6.18 Å². The summed E-state index contributed by atoms with van der Waals surface area (Å²) in [7, 11) is 0. The van der Waals surface area contributed by atoms with Crippen molar-refractivity contribution < 1.29 is 13.2 Å². The Hall–Kier alpha value is -0.740. The quantitative estimate of drug-likeness (QED) is 0.791. The molecule has 0 aliphatic carbocycles. The van der Waals surface area contributed by atoms with E-state index in [1.807, 2.05) is 0 Å². The second kappa shape index (κ2) is 4.41. The van der Waals surface area contributed by atoms with Crippen molar-refractivity contribution in [3.8, 4) is 0 Å². The maximum atomic E-state index is 12.5. The second-order valence-corrected chi connectivity index (χ2v) is 3.38. The smallest absolute Gasteiger partial charge is 0.310 e. The van der Waals surface area contributed by atoms with Crippen LogP contribution in [0.4, 0.5) is 13.2 Å². The van der Waals surface area contributed by atoms with Crippen LogP contribution in [0.25, 0.3) is 0 Å². The topological polar surface area (TPSA) is 12.0 Å². The highest BCUT2D eigenvalue weighted by atomic mass is 35.5. The first-order valence-corrected chi connectivity index (χ1v) is 4.48. The fraction of sp³-hybridized carbons (Fsp3) is 0.400. The highest BCUT2D eigenvalue weighted by molar-refractivity contribution is 5.85. The lowest BCUT2D eigenvalue weighted by Crippen LogP contribution is -2.36. The van der Waals surface area contributed by atoms with Gasteiger partial charge in [0.1, 0.15) is 0 Å². The number of alkyl halides is 3. The van der Waals surface area contributed by atoms with Gasteiger partial charge in [-0.05, 0) is 24.6 Å². The molecular formula is C10H11ClF3N. The fourth-order valence-corrected chi connectivity index (χ4v) is 1.61. The first-order valence-electron chi connectivity index (χ1n) is 4.48. The summed E-state index contributed by atoms with van der Waals surface area (Å²) in [6.45, 7) is 0.802. The van der Waals surface area contributed by atoms with Crippen molar-refractivity contribution in [3.63, 3.8) is 0 Å². The molecule has 0 amide bonds. The monoisotopic (exact) mass is 237 g/mol. The zero-order valence-corrected chi connectivity index (χ0v) is 8.66. The molecule has 0 spiro atoms. The van der Waals surface area contributed by atoms with Crippen molar-refractivity contribution in [1.82, 2.24) is 5.32 Å². The lowest BCUT2D eigenvalue weighted by atomic mass is 9.93. The average Bonchev–Trinajstić information content (AvgIpc) is 2.00. The minimum atomic E-state index is -4.24. The van der Waals surface area contributed by atoms with Crippen LogP contribution in [0.1, 0.15) is 23.6 Å². The molecule has 1 aliphatic rings. The summed E-state index contributed by atoms with van der Waals surface area (Å²) in [6.07, 6.45) is -3.46. The van der Waals surface area contributed by atoms with Crippen LogP contribution in [0.5, 0.6) is 0 Å². The fourth-order valence-electron chi connectivity index (χ4n) is 1.61. The Kier molecular flexibility index (Phi) is 3.62. The summed E-state index contributed by atoms with van der Waals surface area (Å²) < 4.78 is 37.6. The normalized spacial score (nSPS) is 20.3. The van der Waals surface area contributed by atoms with Gasteiger partial charge in [-0.3, -0.25) is 0 Å². The number of hydrogen-bond acceptors (Lipinski definition) is 1. The number of nitrogens with one attached hydrogen (secondary N) is 1.